The van der Waals surface area contributed by atoms with Gasteiger partial charge in [0.1, 0.15) is 0 Å². The third kappa shape index (κ3) is 2.69. The number of aromatic nitrogens is 2. The topological polar surface area (TPSA) is 41.3 Å². The lowest BCUT2D eigenvalue weighted by Gasteiger charge is -2.33. The number of aryl methyl sites for hydroxylation is 1. The molecule has 0 atom stereocenters. The minimum absolute atomic E-state index is 0.0777. The van der Waals surface area contributed by atoms with Crippen molar-refractivity contribution < 1.29 is 5.11 Å². The van der Waals surface area contributed by atoms with Crippen LogP contribution in [0.2, 0.25) is 0 Å². The van der Waals surface area contributed by atoms with E-state index in [1.54, 1.807) is 4.68 Å². The van der Waals surface area contributed by atoms with E-state index in [4.69, 9.17) is 0 Å². The number of likely N-dealkylation sites (tertiary alicyclic amines) is 1. The van der Waals surface area contributed by atoms with Gasteiger partial charge >= 0.3 is 0 Å². The van der Waals surface area contributed by atoms with E-state index in [9.17, 15) is 5.11 Å². The van der Waals surface area contributed by atoms with Crippen LogP contribution in [0, 0.1) is 0 Å². The summed E-state index contributed by atoms with van der Waals surface area (Å²) in [6.45, 7) is 6.91. The van der Waals surface area contributed by atoms with Crippen LogP contribution >= 0.6 is 0 Å². The first-order chi connectivity index (χ1) is 8.11. The van der Waals surface area contributed by atoms with Gasteiger partial charge in [0.25, 0.3) is 0 Å². The molecule has 0 spiro atoms. The Morgan fingerprint density at radius 2 is 2.06 bits per heavy atom. The van der Waals surface area contributed by atoms with Gasteiger partial charge in [-0.25, -0.2) is 0 Å². The Balaban J connectivity index is 2.00. The summed E-state index contributed by atoms with van der Waals surface area (Å²) in [6.07, 6.45) is 2.36. The largest absolute Gasteiger partial charge is 0.390 e. The Morgan fingerprint density at radius 3 is 2.53 bits per heavy atom. The van der Waals surface area contributed by atoms with Crippen LogP contribution in [0.5, 0.6) is 0 Å². The second kappa shape index (κ2) is 5.19. The van der Waals surface area contributed by atoms with Gasteiger partial charge in [0.2, 0.25) is 0 Å². The van der Waals surface area contributed by atoms with Gasteiger partial charge in [0, 0.05) is 19.0 Å². The second-order valence-corrected chi connectivity index (χ2v) is 5.25. The van der Waals surface area contributed by atoms with Crippen molar-refractivity contribution in [2.45, 2.75) is 45.3 Å². The molecule has 17 heavy (non-hydrogen) atoms. The molecule has 1 saturated heterocycles. The molecule has 1 N–H and O–H groups in total. The normalized spacial score (nSPS) is 19.1. The molecule has 0 aromatic carbocycles. The van der Waals surface area contributed by atoms with E-state index in [1.807, 2.05) is 7.05 Å². The minimum atomic E-state index is 0.0777. The molecule has 0 amide bonds. The number of aliphatic hydroxyl groups excluding tert-OH is 1. The van der Waals surface area contributed by atoms with Crippen LogP contribution in [-0.4, -0.2) is 38.9 Å². The summed E-state index contributed by atoms with van der Waals surface area (Å²) in [5.74, 6) is 0.566. The fraction of sp³-hybridized carbons (Fsp3) is 0.769. The van der Waals surface area contributed by atoms with Gasteiger partial charge in [0.15, 0.2) is 0 Å². The summed E-state index contributed by atoms with van der Waals surface area (Å²) >= 11 is 0. The molecule has 4 nitrogen and oxygen atoms in total. The maximum atomic E-state index is 9.18. The van der Waals surface area contributed by atoms with Crippen molar-refractivity contribution in [2.75, 3.05) is 13.1 Å². The van der Waals surface area contributed by atoms with Crippen molar-refractivity contribution in [2.24, 2.45) is 7.05 Å². The number of nitrogens with zero attached hydrogens (tertiary/aromatic N) is 3. The first kappa shape index (κ1) is 12.6. The zero-order valence-electron chi connectivity index (χ0n) is 11.1. The molecule has 1 aromatic rings. The van der Waals surface area contributed by atoms with Crippen molar-refractivity contribution in [3.8, 4) is 0 Å². The molecule has 1 aliphatic heterocycles. The first-order valence-electron chi connectivity index (χ1n) is 6.49. The third-order valence-corrected chi connectivity index (χ3v) is 3.84. The van der Waals surface area contributed by atoms with E-state index in [0.717, 1.165) is 24.5 Å². The molecule has 4 heteroatoms. The summed E-state index contributed by atoms with van der Waals surface area (Å²) in [5, 5.41) is 13.7. The van der Waals surface area contributed by atoms with Crippen LogP contribution in [0.15, 0.2) is 6.07 Å². The first-order valence-corrected chi connectivity index (χ1v) is 6.49. The number of hydrogen-bond donors (Lipinski definition) is 1. The average Bonchev–Trinajstić information content (AvgIpc) is 2.70. The molecule has 0 unspecified atom stereocenters. The van der Waals surface area contributed by atoms with Crippen molar-refractivity contribution in [3.05, 3.63) is 17.5 Å². The molecule has 0 radical (unpaired) electrons. The van der Waals surface area contributed by atoms with Crippen molar-refractivity contribution in [1.29, 1.82) is 0 Å². The van der Waals surface area contributed by atoms with Crippen LogP contribution in [0.1, 0.15) is 44.0 Å². The van der Waals surface area contributed by atoms with E-state index < -0.39 is 0 Å². The summed E-state index contributed by atoms with van der Waals surface area (Å²) < 4.78 is 1.80. The lowest BCUT2D eigenvalue weighted by molar-refractivity contribution is 0.170. The molecule has 2 rings (SSSR count). The van der Waals surface area contributed by atoms with Crippen molar-refractivity contribution >= 4 is 0 Å². The van der Waals surface area contributed by atoms with Gasteiger partial charge in [-0.15, -0.1) is 0 Å². The van der Waals surface area contributed by atoms with Gasteiger partial charge in [-0.3, -0.25) is 4.68 Å². The number of hydrogen-bond acceptors (Lipinski definition) is 3. The molecule has 1 aromatic heterocycles. The summed E-state index contributed by atoms with van der Waals surface area (Å²) in [4.78, 5) is 2.52. The average molecular weight is 237 g/mol. The maximum absolute atomic E-state index is 9.18. The predicted molar refractivity (Wildman–Crippen MR) is 67.8 cm³/mol. The fourth-order valence-corrected chi connectivity index (χ4v) is 2.59. The van der Waals surface area contributed by atoms with E-state index >= 15 is 0 Å². The molecular weight excluding hydrogens is 214 g/mol. The quantitative estimate of drug-likeness (QED) is 0.866. The standard InChI is InChI=1S/C13H23N3O/c1-10(2)16-6-4-11(5-7-16)13-8-12(9-17)15(3)14-13/h8,10-11,17H,4-7,9H2,1-3H3. The molecule has 0 aliphatic carbocycles. The number of aliphatic hydroxyl groups is 1. The Morgan fingerprint density at radius 1 is 1.41 bits per heavy atom. The van der Waals surface area contributed by atoms with E-state index in [1.165, 1.54) is 12.8 Å². The van der Waals surface area contributed by atoms with Gasteiger partial charge in [0.05, 0.1) is 18.0 Å². The van der Waals surface area contributed by atoms with Crippen LogP contribution in [0.25, 0.3) is 0 Å². The molecule has 1 fully saturated rings. The number of piperidine rings is 1. The van der Waals surface area contributed by atoms with Gasteiger partial charge in [-0.2, -0.15) is 5.10 Å². The Kier molecular flexibility index (Phi) is 3.84. The third-order valence-electron chi connectivity index (χ3n) is 3.84. The van der Waals surface area contributed by atoms with Crippen LogP contribution in [0.4, 0.5) is 0 Å². The van der Waals surface area contributed by atoms with Gasteiger partial charge < -0.3 is 10.0 Å². The lowest BCUT2D eigenvalue weighted by Crippen LogP contribution is -2.37. The summed E-state index contributed by atoms with van der Waals surface area (Å²) in [6, 6.07) is 2.70. The van der Waals surface area contributed by atoms with Crippen LogP contribution < -0.4 is 0 Å². The molecule has 0 saturated carbocycles. The number of rotatable bonds is 3. The maximum Gasteiger partial charge on any atom is 0.0849 e. The Labute approximate surface area is 103 Å². The van der Waals surface area contributed by atoms with E-state index in [0.29, 0.717) is 12.0 Å². The smallest absolute Gasteiger partial charge is 0.0849 e. The van der Waals surface area contributed by atoms with E-state index in [-0.39, 0.29) is 6.61 Å². The fourth-order valence-electron chi connectivity index (χ4n) is 2.59. The monoisotopic (exact) mass is 237 g/mol. The Hall–Kier alpha value is -0.870. The molecule has 2 heterocycles. The van der Waals surface area contributed by atoms with Crippen LogP contribution in [-0.2, 0) is 13.7 Å². The predicted octanol–water partition coefficient (Wildman–Crippen LogP) is 1.50. The second-order valence-electron chi connectivity index (χ2n) is 5.25. The zero-order chi connectivity index (χ0) is 12.4. The molecule has 0 bridgehead atoms. The molecule has 1 aliphatic rings. The minimum Gasteiger partial charge on any atom is -0.390 e. The Bertz CT molecular complexity index is 365. The molecule has 96 valence electrons. The van der Waals surface area contributed by atoms with Crippen molar-refractivity contribution in [1.82, 2.24) is 14.7 Å². The highest BCUT2D eigenvalue weighted by Crippen LogP contribution is 2.28. The highest BCUT2D eigenvalue weighted by molar-refractivity contribution is 5.14. The van der Waals surface area contributed by atoms with Crippen LogP contribution in [0.3, 0.4) is 0 Å². The van der Waals surface area contributed by atoms with E-state index in [2.05, 4.69) is 29.9 Å². The lowest BCUT2D eigenvalue weighted by atomic mass is 9.93. The summed E-state index contributed by atoms with van der Waals surface area (Å²) in [7, 11) is 1.90. The zero-order valence-corrected chi connectivity index (χ0v) is 11.1. The SMILES string of the molecule is CC(C)N1CCC(c2cc(CO)n(C)n2)CC1. The highest BCUT2D eigenvalue weighted by Gasteiger charge is 2.24. The van der Waals surface area contributed by atoms with Crippen molar-refractivity contribution in [3.63, 3.8) is 0 Å². The highest BCUT2D eigenvalue weighted by atomic mass is 16.3. The molecular formula is C13H23N3O. The summed E-state index contributed by atoms with van der Waals surface area (Å²) in [5.41, 5.74) is 2.06. The van der Waals surface area contributed by atoms with Gasteiger partial charge in [-0.05, 0) is 45.8 Å². The van der Waals surface area contributed by atoms with Gasteiger partial charge in [-0.1, -0.05) is 0 Å².